The molecular formula is C23H19FN2O2. The van der Waals surface area contributed by atoms with Crippen molar-refractivity contribution >= 4 is 11.7 Å². The van der Waals surface area contributed by atoms with Crippen LogP contribution in [0.4, 0.5) is 10.3 Å². The molecule has 0 saturated heterocycles. The van der Waals surface area contributed by atoms with Gasteiger partial charge in [-0.1, -0.05) is 47.6 Å². The number of hydrogen-bond donors (Lipinski definition) is 1. The highest BCUT2D eigenvalue weighted by atomic mass is 19.1. The van der Waals surface area contributed by atoms with Crippen molar-refractivity contribution in [2.24, 2.45) is 0 Å². The van der Waals surface area contributed by atoms with E-state index in [0.717, 1.165) is 22.4 Å². The molecule has 0 unspecified atom stereocenters. The van der Waals surface area contributed by atoms with Crippen LogP contribution in [0.5, 0.6) is 0 Å². The van der Waals surface area contributed by atoms with E-state index in [1.165, 1.54) is 12.1 Å². The van der Waals surface area contributed by atoms with Gasteiger partial charge >= 0.3 is 0 Å². The number of rotatable bonds is 2. The summed E-state index contributed by atoms with van der Waals surface area (Å²) in [5.41, 5.74) is 4.97. The van der Waals surface area contributed by atoms with Gasteiger partial charge in [0.1, 0.15) is 5.82 Å². The number of halogens is 1. The summed E-state index contributed by atoms with van der Waals surface area (Å²) in [5, 5.41) is 7.39. The Morgan fingerprint density at radius 3 is 2.64 bits per heavy atom. The summed E-state index contributed by atoms with van der Waals surface area (Å²) in [7, 11) is 0. The Hall–Kier alpha value is -3.21. The highest BCUT2D eigenvalue weighted by Gasteiger charge is 2.41. The lowest BCUT2D eigenvalue weighted by Crippen LogP contribution is -2.29. The molecule has 2 heterocycles. The minimum Gasteiger partial charge on any atom is -0.338 e. The molecule has 28 heavy (non-hydrogen) atoms. The van der Waals surface area contributed by atoms with E-state index < -0.39 is 0 Å². The Labute approximate surface area is 162 Å². The third-order valence-electron chi connectivity index (χ3n) is 5.71. The van der Waals surface area contributed by atoms with Crippen molar-refractivity contribution in [1.82, 2.24) is 5.16 Å². The second-order valence-electron chi connectivity index (χ2n) is 7.46. The molecule has 2 aromatic carbocycles. The smallest absolute Gasteiger partial charge is 0.233 e. The maximum Gasteiger partial charge on any atom is 0.233 e. The van der Waals surface area contributed by atoms with Gasteiger partial charge in [0, 0.05) is 23.6 Å². The molecule has 1 aliphatic heterocycles. The highest BCUT2D eigenvalue weighted by molar-refractivity contribution is 6.01. The van der Waals surface area contributed by atoms with Gasteiger partial charge in [-0.15, -0.1) is 0 Å². The van der Waals surface area contributed by atoms with E-state index in [2.05, 4.69) is 22.6 Å². The predicted molar refractivity (Wildman–Crippen MR) is 104 cm³/mol. The van der Waals surface area contributed by atoms with Crippen LogP contribution in [0, 0.1) is 12.7 Å². The maximum absolute atomic E-state index is 14.0. The number of anilines is 1. The first-order valence-electron chi connectivity index (χ1n) is 9.41. The Morgan fingerprint density at radius 2 is 1.86 bits per heavy atom. The molecule has 0 spiro atoms. The molecule has 2 aliphatic rings. The van der Waals surface area contributed by atoms with Crippen LogP contribution in [0.1, 0.15) is 47.1 Å². The van der Waals surface area contributed by atoms with E-state index in [-0.39, 0.29) is 23.4 Å². The number of hydrogen-bond acceptors (Lipinski definition) is 4. The molecule has 140 valence electrons. The van der Waals surface area contributed by atoms with Gasteiger partial charge in [-0.05, 0) is 42.5 Å². The van der Waals surface area contributed by atoms with Crippen molar-refractivity contribution in [3.05, 3.63) is 94.1 Å². The first-order chi connectivity index (χ1) is 13.6. The fourth-order valence-electron chi connectivity index (χ4n) is 4.45. The number of aromatic nitrogens is 1. The average Bonchev–Trinajstić information content (AvgIpc) is 3.07. The molecule has 1 aromatic heterocycles. The normalized spacial score (nSPS) is 21.1. The number of carbonyl (C=O) groups excluding carboxylic acids is 1. The van der Waals surface area contributed by atoms with Crippen LogP contribution >= 0.6 is 0 Å². The quantitative estimate of drug-likeness (QED) is 0.680. The maximum atomic E-state index is 14.0. The summed E-state index contributed by atoms with van der Waals surface area (Å²) in [6.07, 6.45) is 1.14. The van der Waals surface area contributed by atoms with E-state index >= 15 is 0 Å². The van der Waals surface area contributed by atoms with Crippen molar-refractivity contribution in [1.29, 1.82) is 0 Å². The molecule has 0 radical (unpaired) electrons. The zero-order valence-corrected chi connectivity index (χ0v) is 15.4. The van der Waals surface area contributed by atoms with Crippen LogP contribution in [0.2, 0.25) is 0 Å². The molecule has 0 fully saturated rings. The fraction of sp³-hybridized carbons (Fsp3) is 0.217. The lowest BCUT2D eigenvalue weighted by Gasteiger charge is -2.34. The van der Waals surface area contributed by atoms with Gasteiger partial charge in [0.05, 0.1) is 11.3 Å². The van der Waals surface area contributed by atoms with Gasteiger partial charge in [0.15, 0.2) is 5.78 Å². The van der Waals surface area contributed by atoms with E-state index in [9.17, 15) is 9.18 Å². The molecule has 5 heteroatoms. The lowest BCUT2D eigenvalue weighted by molar-refractivity contribution is -0.116. The van der Waals surface area contributed by atoms with Gasteiger partial charge in [0.2, 0.25) is 5.88 Å². The van der Waals surface area contributed by atoms with E-state index in [0.29, 0.717) is 30.0 Å². The number of aryl methyl sites for hydroxylation is 1. The Morgan fingerprint density at radius 1 is 1.07 bits per heavy atom. The third-order valence-corrected chi connectivity index (χ3v) is 5.71. The molecule has 5 rings (SSSR count). The number of nitrogens with one attached hydrogen (secondary N) is 1. The number of nitrogens with zero attached hydrogens (tertiary/aromatic N) is 1. The Balaban J connectivity index is 1.64. The minimum atomic E-state index is -0.363. The van der Waals surface area contributed by atoms with E-state index in [4.69, 9.17) is 4.52 Å². The third kappa shape index (κ3) is 2.66. The second-order valence-corrected chi connectivity index (χ2v) is 7.46. The zero-order chi connectivity index (χ0) is 19.3. The molecule has 2 atom stereocenters. The monoisotopic (exact) mass is 374 g/mol. The fourth-order valence-corrected chi connectivity index (χ4v) is 4.45. The number of benzene rings is 2. The van der Waals surface area contributed by atoms with Crippen LogP contribution in [0.25, 0.3) is 0 Å². The number of ketones is 1. The lowest BCUT2D eigenvalue weighted by atomic mass is 9.72. The highest BCUT2D eigenvalue weighted by Crippen LogP contribution is 2.48. The summed E-state index contributed by atoms with van der Waals surface area (Å²) in [5.74, 6) is 0.0606. The topological polar surface area (TPSA) is 55.1 Å². The van der Waals surface area contributed by atoms with Crippen molar-refractivity contribution in [2.45, 2.75) is 31.6 Å². The molecule has 1 aliphatic carbocycles. The summed E-state index contributed by atoms with van der Waals surface area (Å²) >= 11 is 0. The minimum absolute atomic E-state index is 0.0862. The molecule has 0 amide bonds. The summed E-state index contributed by atoms with van der Waals surface area (Å²) in [4.78, 5) is 13.3. The van der Waals surface area contributed by atoms with Crippen LogP contribution in [-0.4, -0.2) is 10.9 Å². The number of carbonyl (C=O) groups is 1. The largest absolute Gasteiger partial charge is 0.338 e. The first-order valence-corrected chi connectivity index (χ1v) is 9.41. The molecular weight excluding hydrogens is 355 g/mol. The van der Waals surface area contributed by atoms with Gasteiger partial charge in [-0.25, -0.2) is 4.39 Å². The summed E-state index contributed by atoms with van der Waals surface area (Å²) in [6, 6.07) is 16.5. The molecule has 0 bridgehead atoms. The van der Waals surface area contributed by atoms with Crippen molar-refractivity contribution in [2.75, 3.05) is 5.32 Å². The van der Waals surface area contributed by atoms with Gasteiger partial charge in [-0.2, -0.15) is 0 Å². The van der Waals surface area contributed by atoms with Crippen LogP contribution < -0.4 is 5.32 Å². The SMILES string of the molecule is Cc1noc2c1[C@H](c1cccc(F)c1)C1=C(C[C@@H](c3ccccc3)CC1=O)N2. The van der Waals surface area contributed by atoms with Gasteiger partial charge in [0.25, 0.3) is 0 Å². The van der Waals surface area contributed by atoms with Crippen LogP contribution in [0.3, 0.4) is 0 Å². The van der Waals surface area contributed by atoms with Crippen molar-refractivity contribution in [3.8, 4) is 0 Å². The van der Waals surface area contributed by atoms with Crippen LogP contribution in [0.15, 0.2) is 70.4 Å². The van der Waals surface area contributed by atoms with E-state index in [1.807, 2.05) is 31.2 Å². The summed E-state index contributed by atoms with van der Waals surface area (Å²) < 4.78 is 19.5. The molecule has 1 N–H and O–H groups in total. The molecule has 0 saturated carbocycles. The Kier molecular flexibility index (Phi) is 3.90. The standard InChI is InChI=1S/C23H19FN2O2/c1-13-20-21(15-8-5-9-17(24)10-15)22-18(25-23(20)28-26-13)11-16(12-19(22)27)14-6-3-2-4-7-14/h2-10,16,21,25H,11-12H2,1H3/t16-,21+/m1/s1. The number of Topliss-reactive ketones (excluding diaryl/α,β-unsaturated/α-hetero) is 1. The first kappa shape index (κ1) is 16.9. The zero-order valence-electron chi connectivity index (χ0n) is 15.4. The average molecular weight is 374 g/mol. The summed E-state index contributed by atoms with van der Waals surface area (Å²) in [6.45, 7) is 1.85. The number of allylic oxidation sites excluding steroid dienone is 2. The van der Waals surface area contributed by atoms with Crippen molar-refractivity contribution < 1.29 is 13.7 Å². The van der Waals surface area contributed by atoms with E-state index in [1.54, 1.807) is 6.07 Å². The number of fused-ring (bicyclic) bond motifs is 1. The second kappa shape index (κ2) is 6.44. The molecule has 4 nitrogen and oxygen atoms in total. The van der Waals surface area contributed by atoms with Crippen molar-refractivity contribution in [3.63, 3.8) is 0 Å². The Bertz CT molecular complexity index is 1100. The van der Waals surface area contributed by atoms with Crippen LogP contribution in [-0.2, 0) is 4.79 Å². The predicted octanol–water partition coefficient (Wildman–Crippen LogP) is 5.08. The van der Waals surface area contributed by atoms with Gasteiger partial charge in [-0.3, -0.25) is 4.79 Å². The molecule has 3 aromatic rings. The van der Waals surface area contributed by atoms with Gasteiger partial charge < -0.3 is 9.84 Å².